The third-order valence-electron chi connectivity index (χ3n) is 2.92. The average Bonchev–Trinajstić information content (AvgIpc) is 3.06. The molecule has 5 nitrogen and oxygen atoms in total. The van der Waals surface area contributed by atoms with Crippen molar-refractivity contribution in [2.24, 2.45) is 7.05 Å². The van der Waals surface area contributed by atoms with Crippen LogP contribution in [0.15, 0.2) is 29.9 Å². The van der Waals surface area contributed by atoms with Gasteiger partial charge in [-0.15, -0.1) is 11.3 Å². The molecular weight excluding hydrogens is 260 g/mol. The molecule has 0 aromatic carbocycles. The van der Waals surface area contributed by atoms with E-state index in [1.54, 1.807) is 24.6 Å². The Morgan fingerprint density at radius 3 is 3.00 bits per heavy atom. The maximum Gasteiger partial charge on any atom is 0.221 e. The number of thiophene rings is 1. The number of hydrogen-bond acceptors (Lipinski definition) is 4. The third kappa shape index (κ3) is 3.42. The Hall–Kier alpha value is -1.66. The van der Waals surface area contributed by atoms with E-state index in [1.807, 2.05) is 29.3 Å². The molecule has 0 aliphatic rings. The number of nitrogens with zero attached hydrogens (tertiary/aromatic N) is 2. The standard InChI is InChI=1S/C13H18N4OS/c1-14-11(18)5-6-15-12(10-4-3-9-19-10)13-16-7-8-17(13)2/h3-4,7-9,12,15H,5-6H2,1-2H3,(H,14,18). The van der Waals surface area contributed by atoms with Crippen molar-refractivity contribution in [1.82, 2.24) is 20.2 Å². The predicted octanol–water partition coefficient (Wildman–Crippen LogP) is 1.30. The number of imidazole rings is 1. The van der Waals surface area contributed by atoms with Gasteiger partial charge < -0.3 is 15.2 Å². The Balaban J connectivity index is 2.08. The maximum atomic E-state index is 11.3. The summed E-state index contributed by atoms with van der Waals surface area (Å²) < 4.78 is 2.00. The van der Waals surface area contributed by atoms with Gasteiger partial charge >= 0.3 is 0 Å². The first-order chi connectivity index (χ1) is 9.22. The second-order valence-electron chi connectivity index (χ2n) is 4.22. The molecule has 0 bridgehead atoms. The van der Waals surface area contributed by atoms with Crippen LogP contribution in [0, 0.1) is 0 Å². The molecule has 0 saturated heterocycles. The molecule has 0 radical (unpaired) electrons. The maximum absolute atomic E-state index is 11.3. The first-order valence-corrected chi connectivity index (χ1v) is 7.05. The van der Waals surface area contributed by atoms with Gasteiger partial charge in [0.25, 0.3) is 0 Å². The summed E-state index contributed by atoms with van der Waals surface area (Å²) in [5.74, 6) is 0.997. The summed E-state index contributed by atoms with van der Waals surface area (Å²) in [7, 11) is 3.63. The lowest BCUT2D eigenvalue weighted by molar-refractivity contribution is -0.120. The van der Waals surface area contributed by atoms with Gasteiger partial charge in [0.05, 0.1) is 0 Å². The molecule has 0 spiro atoms. The summed E-state index contributed by atoms with van der Waals surface area (Å²) in [6.07, 6.45) is 4.18. The molecule has 2 N–H and O–H groups in total. The number of rotatable bonds is 6. The van der Waals surface area contributed by atoms with Crippen molar-refractivity contribution >= 4 is 17.2 Å². The lowest BCUT2D eigenvalue weighted by Gasteiger charge is -2.17. The smallest absolute Gasteiger partial charge is 0.221 e. The van der Waals surface area contributed by atoms with Gasteiger partial charge in [-0.1, -0.05) is 6.07 Å². The van der Waals surface area contributed by atoms with Crippen LogP contribution in [-0.4, -0.2) is 29.1 Å². The van der Waals surface area contributed by atoms with Crippen molar-refractivity contribution in [3.63, 3.8) is 0 Å². The van der Waals surface area contributed by atoms with Gasteiger partial charge in [0.1, 0.15) is 11.9 Å². The van der Waals surface area contributed by atoms with Crippen molar-refractivity contribution in [2.75, 3.05) is 13.6 Å². The van der Waals surface area contributed by atoms with Crippen molar-refractivity contribution < 1.29 is 4.79 Å². The summed E-state index contributed by atoms with van der Waals surface area (Å²) in [6.45, 7) is 0.620. The van der Waals surface area contributed by atoms with E-state index in [1.165, 1.54) is 4.88 Å². The quantitative estimate of drug-likeness (QED) is 0.837. The minimum Gasteiger partial charge on any atom is -0.359 e. The van der Waals surface area contributed by atoms with E-state index in [4.69, 9.17) is 0 Å². The fourth-order valence-corrected chi connectivity index (χ4v) is 2.68. The van der Waals surface area contributed by atoms with E-state index >= 15 is 0 Å². The molecule has 102 valence electrons. The van der Waals surface area contributed by atoms with E-state index in [0.29, 0.717) is 13.0 Å². The van der Waals surface area contributed by atoms with E-state index in [2.05, 4.69) is 21.7 Å². The molecule has 1 unspecified atom stereocenters. The molecule has 0 fully saturated rings. The summed E-state index contributed by atoms with van der Waals surface area (Å²) in [5.41, 5.74) is 0. The molecule has 2 aromatic heterocycles. The van der Waals surface area contributed by atoms with E-state index in [9.17, 15) is 4.79 Å². The molecule has 2 heterocycles. The molecule has 19 heavy (non-hydrogen) atoms. The van der Waals surface area contributed by atoms with E-state index in [-0.39, 0.29) is 11.9 Å². The van der Waals surface area contributed by atoms with Crippen molar-refractivity contribution in [1.29, 1.82) is 0 Å². The van der Waals surface area contributed by atoms with E-state index in [0.717, 1.165) is 5.82 Å². The molecule has 1 atom stereocenters. The highest BCUT2D eigenvalue weighted by Crippen LogP contribution is 2.24. The fourth-order valence-electron chi connectivity index (χ4n) is 1.88. The SMILES string of the molecule is CNC(=O)CCNC(c1cccs1)c1nccn1C. The molecule has 1 amide bonds. The minimum atomic E-state index is 0.0321. The topological polar surface area (TPSA) is 59.0 Å². The van der Waals surface area contributed by atoms with Crippen molar-refractivity contribution in [3.8, 4) is 0 Å². The Labute approximate surface area is 116 Å². The highest BCUT2D eigenvalue weighted by atomic mass is 32.1. The molecule has 2 rings (SSSR count). The summed E-state index contributed by atoms with van der Waals surface area (Å²) in [5, 5.41) is 8.07. The first kappa shape index (κ1) is 13.8. The van der Waals surface area contributed by atoms with Crippen LogP contribution < -0.4 is 10.6 Å². The Bertz CT molecular complexity index is 520. The zero-order valence-electron chi connectivity index (χ0n) is 11.1. The number of aryl methyl sites for hydroxylation is 1. The summed E-state index contributed by atoms with van der Waals surface area (Å²) in [4.78, 5) is 16.9. The zero-order chi connectivity index (χ0) is 13.7. The second kappa shape index (κ2) is 6.49. The van der Waals surface area contributed by atoms with Crippen LogP contribution in [0.1, 0.15) is 23.2 Å². The Morgan fingerprint density at radius 1 is 1.58 bits per heavy atom. The molecule has 0 aliphatic heterocycles. The number of carbonyl (C=O) groups is 1. The lowest BCUT2D eigenvalue weighted by atomic mass is 10.2. The minimum absolute atomic E-state index is 0.0321. The molecule has 0 aliphatic carbocycles. The third-order valence-corrected chi connectivity index (χ3v) is 3.86. The fraction of sp³-hybridized carbons (Fsp3) is 0.385. The van der Waals surface area contributed by atoms with Gasteiger partial charge in [0.2, 0.25) is 5.91 Å². The van der Waals surface area contributed by atoms with Crippen LogP contribution in [0.4, 0.5) is 0 Å². The predicted molar refractivity (Wildman–Crippen MR) is 76.1 cm³/mol. The van der Waals surface area contributed by atoms with Gasteiger partial charge in [0.15, 0.2) is 0 Å². The molecule has 0 saturated carbocycles. The van der Waals surface area contributed by atoms with Gasteiger partial charge in [-0.05, 0) is 11.4 Å². The van der Waals surface area contributed by atoms with Crippen LogP contribution in [0.3, 0.4) is 0 Å². The Kier molecular flexibility index (Phi) is 4.70. The molecular formula is C13H18N4OS. The number of aromatic nitrogens is 2. The van der Waals surface area contributed by atoms with Crippen LogP contribution in [0.25, 0.3) is 0 Å². The zero-order valence-corrected chi connectivity index (χ0v) is 11.9. The second-order valence-corrected chi connectivity index (χ2v) is 5.20. The highest BCUT2D eigenvalue weighted by molar-refractivity contribution is 7.10. The van der Waals surface area contributed by atoms with Gasteiger partial charge in [-0.3, -0.25) is 4.79 Å². The van der Waals surface area contributed by atoms with Gasteiger partial charge in [-0.2, -0.15) is 0 Å². The molecule has 2 aromatic rings. The van der Waals surface area contributed by atoms with Crippen LogP contribution in [-0.2, 0) is 11.8 Å². The summed E-state index contributed by atoms with van der Waals surface area (Å²) >= 11 is 1.69. The van der Waals surface area contributed by atoms with Crippen LogP contribution >= 0.6 is 11.3 Å². The van der Waals surface area contributed by atoms with E-state index < -0.39 is 0 Å². The number of hydrogen-bond donors (Lipinski definition) is 2. The lowest BCUT2D eigenvalue weighted by Crippen LogP contribution is -2.29. The monoisotopic (exact) mass is 278 g/mol. The average molecular weight is 278 g/mol. The highest BCUT2D eigenvalue weighted by Gasteiger charge is 2.18. The number of amides is 1. The van der Waals surface area contributed by atoms with Crippen LogP contribution in [0.5, 0.6) is 0 Å². The first-order valence-electron chi connectivity index (χ1n) is 6.17. The van der Waals surface area contributed by atoms with Crippen molar-refractivity contribution in [3.05, 3.63) is 40.6 Å². The normalized spacial score (nSPS) is 12.3. The van der Waals surface area contributed by atoms with Gasteiger partial charge in [0, 0.05) is 44.3 Å². The number of carbonyl (C=O) groups excluding carboxylic acids is 1. The Morgan fingerprint density at radius 2 is 2.42 bits per heavy atom. The summed E-state index contributed by atoms with van der Waals surface area (Å²) in [6, 6.07) is 4.14. The number of nitrogens with one attached hydrogen (secondary N) is 2. The van der Waals surface area contributed by atoms with Gasteiger partial charge in [-0.25, -0.2) is 4.98 Å². The molecule has 6 heteroatoms. The van der Waals surface area contributed by atoms with Crippen molar-refractivity contribution in [2.45, 2.75) is 12.5 Å². The largest absolute Gasteiger partial charge is 0.359 e. The van der Waals surface area contributed by atoms with Crippen LogP contribution in [0.2, 0.25) is 0 Å².